The zero-order valence-electron chi connectivity index (χ0n) is 15.4. The van der Waals surface area contributed by atoms with Gasteiger partial charge in [0, 0.05) is 19.1 Å². The van der Waals surface area contributed by atoms with Crippen LogP contribution in [0.25, 0.3) is 10.8 Å². The SMILES string of the molecule is Cl.c1ccc2cc(CCO[C@H]3CCCC[C@@H]3N3CCOCC3)ccc2c1. The summed E-state index contributed by atoms with van der Waals surface area (Å²) < 4.78 is 11.9. The van der Waals surface area contributed by atoms with Gasteiger partial charge in [0.25, 0.3) is 0 Å². The van der Waals surface area contributed by atoms with E-state index in [1.54, 1.807) is 0 Å². The summed E-state index contributed by atoms with van der Waals surface area (Å²) in [6.07, 6.45) is 6.53. The molecule has 4 heteroatoms. The molecule has 4 rings (SSSR count). The van der Waals surface area contributed by atoms with Gasteiger partial charge in [0.05, 0.1) is 25.9 Å². The second-order valence-electron chi connectivity index (χ2n) is 7.34. The Morgan fingerprint density at radius 1 is 0.962 bits per heavy atom. The van der Waals surface area contributed by atoms with E-state index in [2.05, 4.69) is 47.4 Å². The van der Waals surface area contributed by atoms with Gasteiger partial charge in [0.1, 0.15) is 0 Å². The summed E-state index contributed by atoms with van der Waals surface area (Å²) in [5.41, 5.74) is 1.37. The molecule has 2 aromatic carbocycles. The van der Waals surface area contributed by atoms with Crippen LogP contribution in [-0.2, 0) is 15.9 Å². The third-order valence-corrected chi connectivity index (χ3v) is 5.72. The number of morpholine rings is 1. The summed E-state index contributed by atoms with van der Waals surface area (Å²) in [6.45, 7) is 4.70. The minimum Gasteiger partial charge on any atom is -0.379 e. The van der Waals surface area contributed by atoms with Crippen LogP contribution in [0, 0.1) is 0 Å². The van der Waals surface area contributed by atoms with Gasteiger partial charge in [-0.1, -0.05) is 55.3 Å². The molecule has 0 amide bonds. The Labute approximate surface area is 163 Å². The molecule has 0 bridgehead atoms. The molecule has 1 heterocycles. The predicted octanol–water partition coefficient (Wildman–Crippen LogP) is 4.46. The first-order valence-electron chi connectivity index (χ1n) is 9.81. The minimum atomic E-state index is 0. The van der Waals surface area contributed by atoms with E-state index >= 15 is 0 Å². The maximum Gasteiger partial charge on any atom is 0.0730 e. The fourth-order valence-electron chi connectivity index (χ4n) is 4.32. The first-order valence-corrected chi connectivity index (χ1v) is 9.81. The fourth-order valence-corrected chi connectivity index (χ4v) is 4.32. The van der Waals surface area contributed by atoms with Gasteiger partial charge in [0.15, 0.2) is 0 Å². The van der Waals surface area contributed by atoms with Crippen molar-refractivity contribution >= 4 is 23.2 Å². The molecule has 1 aliphatic carbocycles. The average Bonchev–Trinajstić information content (AvgIpc) is 2.69. The zero-order chi connectivity index (χ0) is 16.9. The van der Waals surface area contributed by atoms with Crippen molar-refractivity contribution in [3.05, 3.63) is 48.0 Å². The van der Waals surface area contributed by atoms with E-state index in [1.165, 1.54) is 42.0 Å². The van der Waals surface area contributed by atoms with Gasteiger partial charge in [-0.05, 0) is 35.6 Å². The molecular formula is C22H30ClNO2. The van der Waals surface area contributed by atoms with Crippen LogP contribution in [0.1, 0.15) is 31.2 Å². The van der Waals surface area contributed by atoms with Gasteiger partial charge in [-0.25, -0.2) is 0 Å². The predicted molar refractivity (Wildman–Crippen MR) is 109 cm³/mol. The zero-order valence-corrected chi connectivity index (χ0v) is 16.3. The Hall–Kier alpha value is -1.13. The number of hydrogen-bond acceptors (Lipinski definition) is 3. The quantitative estimate of drug-likeness (QED) is 0.769. The molecule has 3 nitrogen and oxygen atoms in total. The van der Waals surface area contributed by atoms with Crippen LogP contribution in [-0.4, -0.2) is 50.0 Å². The maximum atomic E-state index is 6.38. The van der Waals surface area contributed by atoms with Gasteiger partial charge in [-0.3, -0.25) is 4.90 Å². The van der Waals surface area contributed by atoms with E-state index in [0.717, 1.165) is 39.3 Å². The number of ether oxygens (including phenoxy) is 2. The molecular weight excluding hydrogens is 346 g/mol. The second kappa shape index (κ2) is 9.70. The highest BCUT2D eigenvalue weighted by Crippen LogP contribution is 2.26. The fraction of sp³-hybridized carbons (Fsp3) is 0.545. The topological polar surface area (TPSA) is 21.7 Å². The van der Waals surface area contributed by atoms with Crippen LogP contribution in [0.3, 0.4) is 0 Å². The van der Waals surface area contributed by atoms with Crippen molar-refractivity contribution < 1.29 is 9.47 Å². The molecule has 0 radical (unpaired) electrons. The van der Waals surface area contributed by atoms with E-state index in [9.17, 15) is 0 Å². The highest BCUT2D eigenvalue weighted by molar-refractivity contribution is 5.85. The van der Waals surface area contributed by atoms with E-state index < -0.39 is 0 Å². The normalized spacial score (nSPS) is 24.3. The van der Waals surface area contributed by atoms with Crippen molar-refractivity contribution in [3.63, 3.8) is 0 Å². The van der Waals surface area contributed by atoms with Crippen LogP contribution in [0.5, 0.6) is 0 Å². The third kappa shape index (κ3) is 4.77. The standard InChI is InChI=1S/C22H29NO2.ClH/c1-2-6-20-17-18(9-10-19(20)5-1)11-14-25-22-8-4-3-7-21(22)23-12-15-24-16-13-23;/h1-2,5-6,9-10,17,21-22H,3-4,7-8,11-16H2;1H/t21-,22-;/m0./s1. The summed E-state index contributed by atoms with van der Waals surface area (Å²) in [6, 6.07) is 15.9. The number of fused-ring (bicyclic) bond motifs is 1. The average molecular weight is 376 g/mol. The van der Waals surface area contributed by atoms with Gasteiger partial charge < -0.3 is 9.47 Å². The number of rotatable bonds is 5. The minimum absolute atomic E-state index is 0. The summed E-state index contributed by atoms with van der Waals surface area (Å²) in [5, 5.41) is 2.63. The van der Waals surface area contributed by atoms with E-state index in [0.29, 0.717) is 12.1 Å². The Morgan fingerprint density at radius 3 is 2.58 bits per heavy atom. The molecule has 0 N–H and O–H groups in total. The Morgan fingerprint density at radius 2 is 1.73 bits per heavy atom. The first-order chi connectivity index (χ1) is 12.4. The summed E-state index contributed by atoms with van der Waals surface area (Å²) in [7, 11) is 0. The Bertz CT molecular complexity index is 687. The molecule has 0 aromatic heterocycles. The van der Waals surface area contributed by atoms with Gasteiger partial charge in [-0.15, -0.1) is 12.4 Å². The van der Waals surface area contributed by atoms with E-state index in [4.69, 9.17) is 9.47 Å². The van der Waals surface area contributed by atoms with Crippen LogP contribution < -0.4 is 0 Å². The molecule has 2 fully saturated rings. The summed E-state index contributed by atoms with van der Waals surface area (Å²) in [4.78, 5) is 2.60. The first kappa shape index (κ1) is 19.6. The van der Waals surface area contributed by atoms with Crippen molar-refractivity contribution in [2.45, 2.75) is 44.2 Å². The van der Waals surface area contributed by atoms with Crippen LogP contribution >= 0.6 is 12.4 Å². The second-order valence-corrected chi connectivity index (χ2v) is 7.34. The smallest absolute Gasteiger partial charge is 0.0730 e. The van der Waals surface area contributed by atoms with Gasteiger partial charge >= 0.3 is 0 Å². The van der Waals surface area contributed by atoms with E-state index in [-0.39, 0.29) is 12.4 Å². The molecule has 2 aliphatic rings. The molecule has 26 heavy (non-hydrogen) atoms. The lowest BCUT2D eigenvalue weighted by atomic mass is 9.91. The highest BCUT2D eigenvalue weighted by Gasteiger charge is 2.31. The summed E-state index contributed by atoms with van der Waals surface area (Å²) in [5.74, 6) is 0. The number of benzene rings is 2. The molecule has 142 valence electrons. The lowest BCUT2D eigenvalue weighted by Gasteiger charge is -2.41. The van der Waals surface area contributed by atoms with Crippen molar-refractivity contribution in [2.24, 2.45) is 0 Å². The largest absolute Gasteiger partial charge is 0.379 e. The van der Waals surface area contributed by atoms with Gasteiger partial charge in [-0.2, -0.15) is 0 Å². The lowest BCUT2D eigenvalue weighted by molar-refractivity contribution is -0.0647. The molecule has 2 aromatic rings. The Balaban J connectivity index is 0.00000196. The maximum absolute atomic E-state index is 6.38. The third-order valence-electron chi connectivity index (χ3n) is 5.72. The molecule has 2 atom stereocenters. The summed E-state index contributed by atoms with van der Waals surface area (Å²) >= 11 is 0. The van der Waals surface area contributed by atoms with Gasteiger partial charge in [0.2, 0.25) is 0 Å². The van der Waals surface area contributed by atoms with E-state index in [1.807, 2.05) is 0 Å². The number of hydrogen-bond donors (Lipinski definition) is 0. The molecule has 0 spiro atoms. The number of halogens is 1. The lowest BCUT2D eigenvalue weighted by Crippen LogP contribution is -2.51. The Kier molecular flexibility index (Phi) is 7.32. The number of nitrogens with zero attached hydrogens (tertiary/aromatic N) is 1. The molecule has 1 saturated heterocycles. The van der Waals surface area contributed by atoms with Crippen LogP contribution in [0.2, 0.25) is 0 Å². The highest BCUT2D eigenvalue weighted by atomic mass is 35.5. The van der Waals surface area contributed by atoms with Crippen LogP contribution in [0.15, 0.2) is 42.5 Å². The molecule has 1 saturated carbocycles. The monoisotopic (exact) mass is 375 g/mol. The molecule has 1 aliphatic heterocycles. The molecule has 0 unspecified atom stereocenters. The van der Waals surface area contributed by atoms with Crippen molar-refractivity contribution in [1.29, 1.82) is 0 Å². The van der Waals surface area contributed by atoms with Crippen molar-refractivity contribution in [2.75, 3.05) is 32.9 Å². The van der Waals surface area contributed by atoms with Crippen LogP contribution in [0.4, 0.5) is 0 Å². The van der Waals surface area contributed by atoms with Crippen molar-refractivity contribution in [1.82, 2.24) is 4.90 Å². The van der Waals surface area contributed by atoms with Crippen molar-refractivity contribution in [3.8, 4) is 0 Å².